The summed E-state index contributed by atoms with van der Waals surface area (Å²) in [5.41, 5.74) is 0. The summed E-state index contributed by atoms with van der Waals surface area (Å²) < 4.78 is 0. The molecule has 52 valence electrons. The van der Waals surface area contributed by atoms with E-state index in [1.165, 1.54) is 0 Å². The molecule has 0 aromatic heterocycles. The molecule has 0 heterocycles. The molecule has 0 spiro atoms. The molecule has 0 rings (SSSR count). The van der Waals surface area contributed by atoms with Crippen molar-refractivity contribution in [2.24, 2.45) is 0 Å². The second kappa shape index (κ2) is 12.3. The topological polar surface area (TPSA) is 40.5 Å². The van der Waals surface area contributed by atoms with Crippen LogP contribution in [0.1, 0.15) is 27.1 Å². The minimum absolute atomic E-state index is 0. The number of aliphatic hydroxyl groups is 2. The van der Waals surface area contributed by atoms with E-state index < -0.39 is 0 Å². The number of rotatable bonds is 5. The molecular weight excluding hydrogens is 143 g/mol. The van der Waals surface area contributed by atoms with Gasteiger partial charge in [0, 0.05) is 13.2 Å². The molecule has 2 nitrogen and oxygen atoms in total. The first-order chi connectivity index (χ1) is 3.91. The summed E-state index contributed by atoms with van der Waals surface area (Å²) >= 11 is 0. The molecule has 2 N–H and O–H groups in total. The summed E-state index contributed by atoms with van der Waals surface area (Å²) in [6, 6.07) is 0. The van der Waals surface area contributed by atoms with E-state index in [-0.39, 0.29) is 66.0 Å². The Morgan fingerprint density at radius 3 is 1.33 bits per heavy atom. The third kappa shape index (κ3) is 12.7. The Bertz CT molecular complexity index is 40.7. The molecule has 0 fully saturated rings. The number of aliphatic hydroxyl groups excluding tert-OH is 2. The number of hydrogen-bond acceptors (Lipinski definition) is 2. The molecule has 0 bridgehead atoms. The summed E-state index contributed by atoms with van der Waals surface area (Å²) in [6.45, 7) is 0.566. The van der Waals surface area contributed by atoms with E-state index in [4.69, 9.17) is 10.2 Å². The van der Waals surface area contributed by atoms with Gasteiger partial charge in [-0.25, -0.2) is 0 Å². The molecule has 0 aliphatic rings. The van der Waals surface area contributed by atoms with E-state index in [0.717, 1.165) is 25.7 Å². The first-order valence-corrected chi connectivity index (χ1v) is 3.13. The molecule has 9 heavy (non-hydrogen) atoms. The van der Waals surface area contributed by atoms with Gasteiger partial charge in [0.25, 0.3) is 0 Å². The van der Waals surface area contributed by atoms with Crippen molar-refractivity contribution in [2.75, 3.05) is 13.2 Å². The molecule has 0 saturated heterocycles. The van der Waals surface area contributed by atoms with E-state index >= 15 is 0 Å². The first-order valence-electron chi connectivity index (χ1n) is 3.13. The average molecular weight is 158 g/mol. The van der Waals surface area contributed by atoms with E-state index in [2.05, 4.69) is 0 Å². The average Bonchev–Trinajstić information content (AvgIpc) is 1.81. The van der Waals surface area contributed by atoms with Crippen LogP contribution in [0.4, 0.5) is 0 Å². The van der Waals surface area contributed by atoms with Gasteiger partial charge >= 0.3 is 51.4 Å². The molecule has 0 radical (unpaired) electrons. The maximum absolute atomic E-state index is 8.30. The maximum Gasteiger partial charge on any atom is 1.00 e. The molecule has 0 aromatic carbocycles. The van der Waals surface area contributed by atoms with E-state index in [0.29, 0.717) is 0 Å². The van der Waals surface area contributed by atoms with Crippen LogP contribution in [0.15, 0.2) is 0 Å². The van der Waals surface area contributed by atoms with Gasteiger partial charge in [0.2, 0.25) is 0 Å². The normalized spacial score (nSPS) is 8.67. The predicted octanol–water partition coefficient (Wildman–Crippen LogP) is -2.35. The standard InChI is InChI=1S/C6H14O2.K.H/c7-5-3-1-2-4-6-8;;/h7-8H,1-6H2;;/q;+1;-1. The molecular formula is C6H15KO2. The number of unbranched alkanes of at least 4 members (excludes halogenated alkanes) is 3. The Morgan fingerprint density at radius 2 is 1.11 bits per heavy atom. The minimum atomic E-state index is 0. The smallest absolute Gasteiger partial charge is 1.00 e. The fourth-order valence-electron chi connectivity index (χ4n) is 0.577. The summed E-state index contributed by atoms with van der Waals surface area (Å²) in [4.78, 5) is 0. The zero-order valence-electron chi connectivity index (χ0n) is 7.14. The SMILES string of the molecule is OCCCCCCO.[H-].[K+]. The van der Waals surface area contributed by atoms with Gasteiger partial charge in [-0.15, -0.1) is 0 Å². The van der Waals surface area contributed by atoms with Crippen LogP contribution < -0.4 is 51.4 Å². The quantitative estimate of drug-likeness (QED) is 0.347. The van der Waals surface area contributed by atoms with Crippen molar-refractivity contribution in [2.45, 2.75) is 25.7 Å². The van der Waals surface area contributed by atoms with Gasteiger partial charge in [-0.1, -0.05) is 12.8 Å². The Balaban J connectivity index is -0.000000245. The predicted molar refractivity (Wildman–Crippen MR) is 33.8 cm³/mol. The minimum Gasteiger partial charge on any atom is -1.00 e. The molecule has 3 heteroatoms. The summed E-state index contributed by atoms with van der Waals surface area (Å²) in [6.07, 6.45) is 3.83. The molecule has 0 atom stereocenters. The Morgan fingerprint density at radius 1 is 0.778 bits per heavy atom. The van der Waals surface area contributed by atoms with Gasteiger partial charge in [0.15, 0.2) is 0 Å². The van der Waals surface area contributed by atoms with Gasteiger partial charge < -0.3 is 11.6 Å². The van der Waals surface area contributed by atoms with Crippen molar-refractivity contribution >= 4 is 0 Å². The Kier molecular flexibility index (Phi) is 17.9. The van der Waals surface area contributed by atoms with Crippen LogP contribution in [0, 0.1) is 0 Å². The van der Waals surface area contributed by atoms with E-state index in [9.17, 15) is 0 Å². The molecule has 0 amide bonds. The van der Waals surface area contributed by atoms with Gasteiger partial charge in [-0.05, 0) is 12.8 Å². The zero-order valence-corrected chi connectivity index (χ0v) is 9.26. The van der Waals surface area contributed by atoms with Crippen molar-refractivity contribution in [1.82, 2.24) is 0 Å². The molecule has 0 saturated carbocycles. The van der Waals surface area contributed by atoms with Crippen LogP contribution in [0.3, 0.4) is 0 Å². The third-order valence-electron chi connectivity index (χ3n) is 1.07. The van der Waals surface area contributed by atoms with Gasteiger partial charge in [0.05, 0.1) is 0 Å². The Labute approximate surface area is 101 Å². The number of hydrogen-bond donors (Lipinski definition) is 2. The van der Waals surface area contributed by atoms with Gasteiger partial charge in [0.1, 0.15) is 0 Å². The molecule has 0 aliphatic heterocycles. The van der Waals surface area contributed by atoms with E-state index in [1.807, 2.05) is 0 Å². The van der Waals surface area contributed by atoms with E-state index in [1.54, 1.807) is 0 Å². The maximum atomic E-state index is 8.30. The van der Waals surface area contributed by atoms with Crippen molar-refractivity contribution in [3.8, 4) is 0 Å². The second-order valence-corrected chi connectivity index (χ2v) is 1.86. The van der Waals surface area contributed by atoms with Crippen LogP contribution in [-0.2, 0) is 0 Å². The zero-order chi connectivity index (χ0) is 6.24. The third-order valence-corrected chi connectivity index (χ3v) is 1.07. The monoisotopic (exact) mass is 158 g/mol. The fraction of sp³-hybridized carbons (Fsp3) is 1.00. The van der Waals surface area contributed by atoms with Crippen LogP contribution in [-0.4, -0.2) is 23.4 Å². The Hall–Kier alpha value is 1.56. The van der Waals surface area contributed by atoms with Crippen LogP contribution >= 0.6 is 0 Å². The summed E-state index contributed by atoms with van der Waals surface area (Å²) in [5.74, 6) is 0. The van der Waals surface area contributed by atoms with Gasteiger partial charge in [-0.3, -0.25) is 0 Å². The van der Waals surface area contributed by atoms with Crippen molar-refractivity contribution in [3.63, 3.8) is 0 Å². The van der Waals surface area contributed by atoms with Crippen molar-refractivity contribution < 1.29 is 63.0 Å². The fourth-order valence-corrected chi connectivity index (χ4v) is 0.577. The van der Waals surface area contributed by atoms with Crippen molar-refractivity contribution in [3.05, 3.63) is 0 Å². The largest absolute Gasteiger partial charge is 1.00 e. The molecule has 0 aliphatic carbocycles. The van der Waals surface area contributed by atoms with Crippen LogP contribution in [0.25, 0.3) is 0 Å². The van der Waals surface area contributed by atoms with Crippen LogP contribution in [0.2, 0.25) is 0 Å². The summed E-state index contributed by atoms with van der Waals surface area (Å²) in [7, 11) is 0. The second-order valence-electron chi connectivity index (χ2n) is 1.86. The van der Waals surface area contributed by atoms with Crippen molar-refractivity contribution in [1.29, 1.82) is 0 Å². The van der Waals surface area contributed by atoms with Crippen LogP contribution in [0.5, 0.6) is 0 Å². The molecule has 0 unspecified atom stereocenters. The molecule has 0 aromatic rings. The summed E-state index contributed by atoms with van der Waals surface area (Å²) in [5, 5.41) is 16.6. The first kappa shape index (κ1) is 13.2. The van der Waals surface area contributed by atoms with Gasteiger partial charge in [-0.2, -0.15) is 0 Å².